The van der Waals surface area contributed by atoms with Crippen molar-refractivity contribution in [3.8, 4) is 11.5 Å². The Balaban J connectivity index is 1.73. The molecular weight excluding hydrogens is 268 g/mol. The van der Waals surface area contributed by atoms with Gasteiger partial charge in [-0.2, -0.15) is 0 Å². The van der Waals surface area contributed by atoms with Crippen LogP contribution in [-0.2, 0) is 0 Å². The summed E-state index contributed by atoms with van der Waals surface area (Å²) in [5.74, 6) is 2.14. The number of benzene rings is 1. The average molecular weight is 282 g/mol. The van der Waals surface area contributed by atoms with Gasteiger partial charge in [-0.3, -0.25) is 0 Å². The molecule has 1 aromatic carbocycles. The van der Waals surface area contributed by atoms with Crippen LogP contribution in [0.15, 0.2) is 40.8 Å². The van der Waals surface area contributed by atoms with Crippen molar-refractivity contribution < 1.29 is 13.9 Å². The number of rotatable bonds is 2. The van der Waals surface area contributed by atoms with E-state index in [2.05, 4.69) is 4.98 Å². The topological polar surface area (TPSA) is 70.5 Å². The summed E-state index contributed by atoms with van der Waals surface area (Å²) >= 11 is 0. The van der Waals surface area contributed by atoms with Crippen LogP contribution >= 0.6 is 0 Å². The second-order valence-electron chi connectivity index (χ2n) is 5.08. The van der Waals surface area contributed by atoms with Crippen LogP contribution in [0.1, 0.15) is 23.1 Å². The molecule has 106 valence electrons. The number of nitrogens with zero attached hydrogens (tertiary/aromatic N) is 1. The third-order valence-electron chi connectivity index (χ3n) is 3.59. The lowest BCUT2D eigenvalue weighted by Gasteiger charge is -2.09. The standard InChI is InChI=1S/C16H14N2O3/c1-9-2-4-12-11(18-9)7-15(21-12)16(17)10-3-5-13-14(6-10)20-8-19-13/h2-7,16H,8,17H2,1H3. The molecule has 0 saturated carbocycles. The Labute approximate surface area is 121 Å². The molecule has 1 aliphatic rings. The van der Waals surface area contributed by atoms with Crippen molar-refractivity contribution in [1.29, 1.82) is 0 Å². The summed E-state index contributed by atoms with van der Waals surface area (Å²) in [5.41, 5.74) is 9.72. The van der Waals surface area contributed by atoms with Gasteiger partial charge in [0.15, 0.2) is 17.1 Å². The number of ether oxygens (including phenoxy) is 2. The number of aromatic nitrogens is 1. The molecule has 0 saturated heterocycles. The lowest BCUT2D eigenvalue weighted by Crippen LogP contribution is -2.10. The Morgan fingerprint density at radius 3 is 2.86 bits per heavy atom. The van der Waals surface area contributed by atoms with E-state index in [1.807, 2.05) is 43.3 Å². The van der Waals surface area contributed by atoms with Gasteiger partial charge in [-0.25, -0.2) is 4.98 Å². The van der Waals surface area contributed by atoms with Crippen LogP contribution in [-0.4, -0.2) is 11.8 Å². The summed E-state index contributed by atoms with van der Waals surface area (Å²) in [7, 11) is 0. The largest absolute Gasteiger partial charge is 0.457 e. The third kappa shape index (κ3) is 2.02. The second-order valence-corrected chi connectivity index (χ2v) is 5.08. The molecule has 0 amide bonds. The number of fused-ring (bicyclic) bond motifs is 2. The summed E-state index contributed by atoms with van der Waals surface area (Å²) in [5, 5.41) is 0. The van der Waals surface area contributed by atoms with Crippen molar-refractivity contribution in [1.82, 2.24) is 4.98 Å². The molecule has 0 radical (unpaired) electrons. The first-order chi connectivity index (χ1) is 10.2. The summed E-state index contributed by atoms with van der Waals surface area (Å²) < 4.78 is 16.5. The lowest BCUT2D eigenvalue weighted by molar-refractivity contribution is 0.174. The van der Waals surface area contributed by atoms with Gasteiger partial charge in [0, 0.05) is 11.8 Å². The molecule has 4 rings (SSSR count). The first-order valence-electron chi connectivity index (χ1n) is 6.73. The van der Waals surface area contributed by atoms with Crippen molar-refractivity contribution in [2.24, 2.45) is 5.73 Å². The molecule has 0 aliphatic carbocycles. The van der Waals surface area contributed by atoms with Crippen molar-refractivity contribution >= 4 is 11.1 Å². The first kappa shape index (κ1) is 12.2. The number of furan rings is 1. The maximum atomic E-state index is 6.29. The highest BCUT2D eigenvalue weighted by Gasteiger charge is 2.19. The van der Waals surface area contributed by atoms with Crippen LogP contribution in [0, 0.1) is 6.92 Å². The van der Waals surface area contributed by atoms with Gasteiger partial charge in [0.2, 0.25) is 6.79 Å². The molecular formula is C16H14N2O3. The fourth-order valence-corrected chi connectivity index (χ4v) is 2.47. The van der Waals surface area contributed by atoms with E-state index in [4.69, 9.17) is 19.6 Å². The van der Waals surface area contributed by atoms with Crippen LogP contribution in [0.3, 0.4) is 0 Å². The Bertz CT molecular complexity index is 826. The molecule has 3 aromatic rings. The van der Waals surface area contributed by atoms with Crippen molar-refractivity contribution in [2.45, 2.75) is 13.0 Å². The predicted molar refractivity (Wildman–Crippen MR) is 77.3 cm³/mol. The SMILES string of the molecule is Cc1ccc2oc(C(N)c3ccc4c(c3)OCO4)cc2n1. The molecule has 5 heteroatoms. The summed E-state index contributed by atoms with van der Waals surface area (Å²) in [4.78, 5) is 4.44. The number of nitrogens with two attached hydrogens (primary N) is 1. The van der Waals surface area contributed by atoms with Gasteiger partial charge < -0.3 is 19.6 Å². The molecule has 1 unspecified atom stereocenters. The monoisotopic (exact) mass is 282 g/mol. The highest BCUT2D eigenvalue weighted by molar-refractivity contribution is 5.73. The van der Waals surface area contributed by atoms with Crippen LogP contribution in [0.2, 0.25) is 0 Å². The van der Waals surface area contributed by atoms with Crippen molar-refractivity contribution in [3.05, 3.63) is 53.4 Å². The smallest absolute Gasteiger partial charge is 0.231 e. The molecule has 0 spiro atoms. The maximum absolute atomic E-state index is 6.29. The van der Waals surface area contributed by atoms with Gasteiger partial charge in [0.25, 0.3) is 0 Å². The number of aryl methyl sites for hydroxylation is 1. The van der Waals surface area contributed by atoms with Gasteiger partial charge in [0.1, 0.15) is 11.3 Å². The number of hydrogen-bond acceptors (Lipinski definition) is 5. The molecule has 2 N–H and O–H groups in total. The van der Waals surface area contributed by atoms with E-state index in [9.17, 15) is 0 Å². The minimum absolute atomic E-state index is 0.252. The summed E-state index contributed by atoms with van der Waals surface area (Å²) in [6.07, 6.45) is 0. The maximum Gasteiger partial charge on any atom is 0.231 e. The van der Waals surface area contributed by atoms with Gasteiger partial charge in [0.05, 0.1) is 6.04 Å². The number of pyridine rings is 1. The van der Waals surface area contributed by atoms with E-state index in [1.54, 1.807) is 0 Å². The molecule has 21 heavy (non-hydrogen) atoms. The molecule has 1 aliphatic heterocycles. The Hall–Kier alpha value is -2.53. The van der Waals surface area contributed by atoms with Gasteiger partial charge in [-0.1, -0.05) is 6.07 Å². The normalized spacial score (nSPS) is 14.6. The second kappa shape index (κ2) is 4.49. The third-order valence-corrected chi connectivity index (χ3v) is 3.59. The molecule has 0 fully saturated rings. The molecule has 5 nitrogen and oxygen atoms in total. The van der Waals surface area contributed by atoms with Crippen LogP contribution in [0.25, 0.3) is 11.1 Å². The quantitative estimate of drug-likeness (QED) is 0.782. The Morgan fingerprint density at radius 1 is 1.10 bits per heavy atom. The minimum Gasteiger partial charge on any atom is -0.457 e. The van der Waals surface area contributed by atoms with Gasteiger partial charge in [-0.05, 0) is 36.8 Å². The Morgan fingerprint density at radius 2 is 1.95 bits per heavy atom. The lowest BCUT2D eigenvalue weighted by atomic mass is 10.0. The Kier molecular flexibility index (Phi) is 2.62. The summed E-state index contributed by atoms with van der Waals surface area (Å²) in [6.45, 7) is 2.20. The highest BCUT2D eigenvalue weighted by atomic mass is 16.7. The summed E-state index contributed by atoms with van der Waals surface area (Å²) in [6, 6.07) is 11.0. The van der Waals surface area contributed by atoms with E-state index in [0.29, 0.717) is 11.5 Å². The highest BCUT2D eigenvalue weighted by Crippen LogP contribution is 2.35. The molecule has 0 bridgehead atoms. The predicted octanol–water partition coefficient (Wildman–Crippen LogP) is 2.91. The van der Waals surface area contributed by atoms with Gasteiger partial charge >= 0.3 is 0 Å². The van der Waals surface area contributed by atoms with Crippen molar-refractivity contribution in [2.75, 3.05) is 6.79 Å². The van der Waals surface area contributed by atoms with E-state index >= 15 is 0 Å². The van der Waals surface area contributed by atoms with E-state index in [0.717, 1.165) is 28.1 Å². The van der Waals surface area contributed by atoms with E-state index in [-0.39, 0.29) is 12.8 Å². The first-order valence-corrected chi connectivity index (χ1v) is 6.73. The van der Waals surface area contributed by atoms with Crippen LogP contribution in [0.5, 0.6) is 11.5 Å². The number of hydrogen-bond donors (Lipinski definition) is 1. The van der Waals surface area contributed by atoms with Crippen LogP contribution < -0.4 is 15.2 Å². The zero-order valence-electron chi connectivity index (χ0n) is 11.5. The molecule has 3 heterocycles. The zero-order chi connectivity index (χ0) is 14.4. The fraction of sp³-hybridized carbons (Fsp3) is 0.188. The molecule has 1 atom stereocenters. The van der Waals surface area contributed by atoms with E-state index in [1.165, 1.54) is 0 Å². The van der Waals surface area contributed by atoms with E-state index < -0.39 is 0 Å². The minimum atomic E-state index is -0.367. The van der Waals surface area contributed by atoms with Gasteiger partial charge in [-0.15, -0.1) is 0 Å². The van der Waals surface area contributed by atoms with Crippen LogP contribution in [0.4, 0.5) is 0 Å². The molecule has 2 aromatic heterocycles. The zero-order valence-corrected chi connectivity index (χ0v) is 11.5. The fourth-order valence-electron chi connectivity index (χ4n) is 2.47. The van der Waals surface area contributed by atoms with Crippen molar-refractivity contribution in [3.63, 3.8) is 0 Å². The average Bonchev–Trinajstić information content (AvgIpc) is 3.11.